The number of allylic oxidation sites excluding steroid dienone is 4. The molecule has 1 heterocycles. The Bertz CT molecular complexity index is 384. The van der Waals surface area contributed by atoms with Crippen LogP contribution >= 0.6 is 0 Å². The molecule has 2 aliphatic carbocycles. The Morgan fingerprint density at radius 1 is 1.27 bits per heavy atom. The van der Waals surface area contributed by atoms with Gasteiger partial charge in [-0.1, -0.05) is 17.7 Å². The van der Waals surface area contributed by atoms with E-state index in [1.807, 2.05) is 0 Å². The Kier molecular flexibility index (Phi) is 2.01. The van der Waals surface area contributed by atoms with Crippen molar-refractivity contribution in [2.24, 2.45) is 5.92 Å². The molecule has 2 atom stereocenters. The zero-order chi connectivity index (χ0) is 10.4. The maximum absolute atomic E-state index is 6.10. The molecule has 1 heteroatoms. The van der Waals surface area contributed by atoms with Crippen molar-refractivity contribution >= 4 is 0 Å². The van der Waals surface area contributed by atoms with Crippen LogP contribution < -0.4 is 0 Å². The van der Waals surface area contributed by atoms with Gasteiger partial charge in [-0.05, 0) is 44.3 Å². The van der Waals surface area contributed by atoms with E-state index in [1.165, 1.54) is 41.7 Å². The third kappa shape index (κ3) is 1.37. The van der Waals surface area contributed by atoms with Crippen LogP contribution in [0.1, 0.15) is 39.5 Å². The van der Waals surface area contributed by atoms with Crippen molar-refractivity contribution in [3.63, 3.8) is 0 Å². The second-order valence-corrected chi connectivity index (χ2v) is 5.04. The molecule has 0 aromatic rings. The number of ether oxygens (including phenoxy) is 1. The molecule has 80 valence electrons. The van der Waals surface area contributed by atoms with Crippen molar-refractivity contribution in [2.75, 3.05) is 0 Å². The standard InChI is InChI=1S/C14H18O/c1-9-6-7-13-12(8-9)11-5-3-4-10(2)14(11)15-13/h4,8,11,14H,3,5-7H2,1-2H3. The van der Waals surface area contributed by atoms with Gasteiger partial charge < -0.3 is 4.74 Å². The number of hydrogen-bond acceptors (Lipinski definition) is 1. The SMILES string of the molecule is CC1=CC2=C(CC1)OC1C(C)=CCCC21. The molecule has 3 rings (SSSR count). The summed E-state index contributed by atoms with van der Waals surface area (Å²) in [4.78, 5) is 0. The van der Waals surface area contributed by atoms with Crippen LogP contribution in [0.4, 0.5) is 0 Å². The fourth-order valence-electron chi connectivity index (χ4n) is 3.04. The smallest absolute Gasteiger partial charge is 0.126 e. The lowest BCUT2D eigenvalue weighted by Gasteiger charge is -2.25. The first kappa shape index (κ1) is 9.26. The van der Waals surface area contributed by atoms with E-state index in [1.54, 1.807) is 0 Å². The van der Waals surface area contributed by atoms with Gasteiger partial charge in [-0.15, -0.1) is 0 Å². The Morgan fingerprint density at radius 3 is 3.00 bits per heavy atom. The lowest BCUT2D eigenvalue weighted by molar-refractivity contribution is 0.129. The number of rotatable bonds is 0. The monoisotopic (exact) mass is 202 g/mol. The Balaban J connectivity index is 1.96. The lowest BCUT2D eigenvalue weighted by Crippen LogP contribution is -2.22. The molecule has 0 aromatic heterocycles. The zero-order valence-electron chi connectivity index (χ0n) is 9.55. The van der Waals surface area contributed by atoms with Gasteiger partial charge in [-0.3, -0.25) is 0 Å². The maximum atomic E-state index is 6.10. The highest BCUT2D eigenvalue weighted by Gasteiger charge is 2.38. The van der Waals surface area contributed by atoms with Gasteiger partial charge in [0.25, 0.3) is 0 Å². The van der Waals surface area contributed by atoms with E-state index in [0.717, 1.165) is 6.42 Å². The first-order valence-corrected chi connectivity index (χ1v) is 5.99. The molecule has 0 spiro atoms. The highest BCUT2D eigenvalue weighted by atomic mass is 16.5. The van der Waals surface area contributed by atoms with E-state index < -0.39 is 0 Å². The quantitative estimate of drug-likeness (QED) is 0.544. The van der Waals surface area contributed by atoms with Crippen LogP contribution in [0.15, 0.2) is 34.6 Å². The first-order valence-electron chi connectivity index (χ1n) is 5.99. The third-order valence-corrected chi connectivity index (χ3v) is 3.90. The summed E-state index contributed by atoms with van der Waals surface area (Å²) in [7, 11) is 0. The van der Waals surface area contributed by atoms with Crippen LogP contribution in [-0.4, -0.2) is 6.10 Å². The van der Waals surface area contributed by atoms with E-state index in [4.69, 9.17) is 4.74 Å². The number of hydrogen-bond donors (Lipinski definition) is 0. The summed E-state index contributed by atoms with van der Waals surface area (Å²) in [5, 5.41) is 0. The van der Waals surface area contributed by atoms with Crippen LogP contribution in [0.25, 0.3) is 0 Å². The molecular weight excluding hydrogens is 184 g/mol. The van der Waals surface area contributed by atoms with E-state index in [-0.39, 0.29) is 0 Å². The second-order valence-electron chi connectivity index (χ2n) is 5.04. The number of fused-ring (bicyclic) bond motifs is 2. The van der Waals surface area contributed by atoms with Crippen LogP contribution in [0.5, 0.6) is 0 Å². The van der Waals surface area contributed by atoms with E-state index in [2.05, 4.69) is 26.0 Å². The predicted octanol–water partition coefficient (Wildman–Crippen LogP) is 3.74. The molecule has 0 fully saturated rings. The molecule has 2 unspecified atom stereocenters. The molecule has 0 N–H and O–H groups in total. The average Bonchev–Trinajstić information content (AvgIpc) is 2.58. The van der Waals surface area contributed by atoms with E-state index in [9.17, 15) is 0 Å². The molecule has 1 aliphatic heterocycles. The third-order valence-electron chi connectivity index (χ3n) is 3.90. The molecule has 0 bridgehead atoms. The minimum atomic E-state index is 0.367. The molecule has 0 saturated heterocycles. The van der Waals surface area contributed by atoms with Gasteiger partial charge in [-0.25, -0.2) is 0 Å². The molecule has 0 amide bonds. The van der Waals surface area contributed by atoms with Crippen molar-refractivity contribution < 1.29 is 4.74 Å². The summed E-state index contributed by atoms with van der Waals surface area (Å²) in [5.74, 6) is 1.94. The Morgan fingerprint density at radius 2 is 2.13 bits per heavy atom. The van der Waals surface area contributed by atoms with Gasteiger partial charge in [0.05, 0.1) is 0 Å². The van der Waals surface area contributed by atoms with Gasteiger partial charge in [0.2, 0.25) is 0 Å². The van der Waals surface area contributed by atoms with Crippen LogP contribution in [0.2, 0.25) is 0 Å². The van der Waals surface area contributed by atoms with Crippen LogP contribution in [0, 0.1) is 5.92 Å². The molecular formula is C14H18O. The van der Waals surface area contributed by atoms with Crippen molar-refractivity contribution in [3.8, 4) is 0 Å². The van der Waals surface area contributed by atoms with Crippen molar-refractivity contribution in [1.82, 2.24) is 0 Å². The van der Waals surface area contributed by atoms with Crippen molar-refractivity contribution in [1.29, 1.82) is 0 Å². The first-order chi connectivity index (χ1) is 7.25. The van der Waals surface area contributed by atoms with Crippen molar-refractivity contribution in [2.45, 2.75) is 45.6 Å². The highest BCUT2D eigenvalue weighted by molar-refractivity contribution is 5.39. The Hall–Kier alpha value is -0.980. The summed E-state index contributed by atoms with van der Waals surface area (Å²) < 4.78 is 6.10. The van der Waals surface area contributed by atoms with Crippen LogP contribution in [-0.2, 0) is 4.74 Å². The molecule has 0 aromatic carbocycles. The molecule has 0 radical (unpaired) electrons. The normalized spacial score (nSPS) is 34.0. The lowest BCUT2D eigenvalue weighted by atomic mass is 9.81. The highest BCUT2D eigenvalue weighted by Crippen LogP contribution is 2.45. The van der Waals surface area contributed by atoms with Gasteiger partial charge in [0.1, 0.15) is 11.9 Å². The summed E-state index contributed by atoms with van der Waals surface area (Å²) in [6, 6.07) is 0. The van der Waals surface area contributed by atoms with Gasteiger partial charge in [0, 0.05) is 12.3 Å². The summed E-state index contributed by atoms with van der Waals surface area (Å²) in [6.45, 7) is 4.45. The van der Waals surface area contributed by atoms with E-state index >= 15 is 0 Å². The van der Waals surface area contributed by atoms with E-state index in [0.29, 0.717) is 12.0 Å². The summed E-state index contributed by atoms with van der Waals surface area (Å²) in [6.07, 6.45) is 9.88. The largest absolute Gasteiger partial charge is 0.489 e. The van der Waals surface area contributed by atoms with Gasteiger partial charge >= 0.3 is 0 Å². The maximum Gasteiger partial charge on any atom is 0.126 e. The van der Waals surface area contributed by atoms with Gasteiger partial charge in [0.15, 0.2) is 0 Å². The summed E-state index contributed by atoms with van der Waals surface area (Å²) in [5.41, 5.74) is 4.47. The van der Waals surface area contributed by atoms with Crippen LogP contribution in [0.3, 0.4) is 0 Å². The average molecular weight is 202 g/mol. The van der Waals surface area contributed by atoms with Gasteiger partial charge in [-0.2, -0.15) is 0 Å². The molecule has 1 nitrogen and oxygen atoms in total. The molecule has 3 aliphatic rings. The fraction of sp³-hybridized carbons (Fsp3) is 0.571. The fourth-order valence-corrected chi connectivity index (χ4v) is 3.04. The Labute approximate surface area is 91.5 Å². The molecule has 15 heavy (non-hydrogen) atoms. The predicted molar refractivity (Wildman–Crippen MR) is 61.4 cm³/mol. The second kappa shape index (κ2) is 3.26. The molecule has 0 saturated carbocycles. The topological polar surface area (TPSA) is 9.23 Å². The minimum absolute atomic E-state index is 0.367. The van der Waals surface area contributed by atoms with Crippen molar-refractivity contribution in [3.05, 3.63) is 34.6 Å². The summed E-state index contributed by atoms with van der Waals surface area (Å²) >= 11 is 0. The minimum Gasteiger partial charge on any atom is -0.489 e. The zero-order valence-corrected chi connectivity index (χ0v) is 9.55.